The summed E-state index contributed by atoms with van der Waals surface area (Å²) < 4.78 is 0. The SMILES string of the molecule is O=C(c1cccs1)N1CCc2ccc(NC(=O)C34CC5CC(CC(C5)C3)C4)cc2C1. The van der Waals surface area contributed by atoms with Gasteiger partial charge in [-0.1, -0.05) is 12.1 Å². The van der Waals surface area contributed by atoms with E-state index in [0.717, 1.165) is 66.1 Å². The second-order valence-corrected chi connectivity index (χ2v) is 11.0. The minimum absolute atomic E-state index is 0.110. The van der Waals surface area contributed by atoms with E-state index in [1.807, 2.05) is 28.5 Å². The lowest BCUT2D eigenvalue weighted by Crippen LogP contribution is -2.51. The number of hydrogen-bond donors (Lipinski definition) is 1. The fourth-order valence-corrected chi connectivity index (χ4v) is 7.71. The molecule has 7 rings (SSSR count). The molecule has 5 aliphatic rings. The molecular formula is C25H28N2O2S. The Morgan fingerprint density at radius 2 is 1.73 bits per heavy atom. The monoisotopic (exact) mass is 420 g/mol. The summed E-state index contributed by atoms with van der Waals surface area (Å²) in [6.45, 7) is 1.37. The molecule has 2 aromatic rings. The van der Waals surface area contributed by atoms with Crippen LogP contribution < -0.4 is 5.32 Å². The Balaban J connectivity index is 1.19. The molecule has 2 heterocycles. The fourth-order valence-electron chi connectivity index (χ4n) is 7.02. The molecule has 1 aromatic carbocycles. The highest BCUT2D eigenvalue weighted by Crippen LogP contribution is 2.60. The van der Waals surface area contributed by atoms with Crippen molar-refractivity contribution in [1.29, 1.82) is 0 Å². The number of carbonyl (C=O) groups is 2. The van der Waals surface area contributed by atoms with E-state index in [1.54, 1.807) is 0 Å². The second-order valence-electron chi connectivity index (χ2n) is 10.1. The Morgan fingerprint density at radius 3 is 2.40 bits per heavy atom. The third-order valence-corrected chi connectivity index (χ3v) is 8.87. The molecule has 0 spiro atoms. The predicted octanol–water partition coefficient (Wildman–Crippen LogP) is 5.10. The van der Waals surface area contributed by atoms with Crippen LogP contribution in [0.5, 0.6) is 0 Å². The Labute approximate surface area is 181 Å². The summed E-state index contributed by atoms with van der Waals surface area (Å²) in [5.74, 6) is 2.65. The molecule has 2 amide bonds. The summed E-state index contributed by atoms with van der Waals surface area (Å²) in [7, 11) is 0. The summed E-state index contributed by atoms with van der Waals surface area (Å²) in [5, 5.41) is 5.23. The van der Waals surface area contributed by atoms with Gasteiger partial charge in [0.1, 0.15) is 0 Å². The van der Waals surface area contributed by atoms with Crippen LogP contribution in [0.25, 0.3) is 0 Å². The molecule has 156 valence electrons. The standard InChI is InChI=1S/C25H28N2O2S/c28-23(22-2-1-7-30-22)27-6-5-19-3-4-21(11-20(19)15-27)26-24(29)25-12-16-8-17(13-25)10-18(9-16)14-25/h1-4,7,11,16-18H,5-6,8-10,12-15H2,(H,26,29). The van der Waals surface area contributed by atoms with Crippen molar-refractivity contribution in [3.63, 3.8) is 0 Å². The van der Waals surface area contributed by atoms with Crippen LogP contribution in [-0.4, -0.2) is 23.3 Å². The molecule has 0 unspecified atom stereocenters. The van der Waals surface area contributed by atoms with Crippen LogP contribution in [-0.2, 0) is 17.8 Å². The molecule has 0 atom stereocenters. The van der Waals surface area contributed by atoms with E-state index in [2.05, 4.69) is 17.4 Å². The van der Waals surface area contributed by atoms with E-state index in [9.17, 15) is 9.59 Å². The van der Waals surface area contributed by atoms with Crippen LogP contribution >= 0.6 is 11.3 Å². The maximum atomic E-state index is 13.4. The number of anilines is 1. The summed E-state index contributed by atoms with van der Waals surface area (Å²) in [6, 6.07) is 10.1. The van der Waals surface area contributed by atoms with Crippen molar-refractivity contribution in [2.45, 2.75) is 51.5 Å². The molecule has 1 N–H and O–H groups in total. The summed E-state index contributed by atoms with van der Waals surface area (Å²) in [4.78, 5) is 28.9. The zero-order chi connectivity index (χ0) is 20.3. The van der Waals surface area contributed by atoms with Gasteiger partial charge < -0.3 is 10.2 Å². The van der Waals surface area contributed by atoms with Gasteiger partial charge in [-0.2, -0.15) is 0 Å². The van der Waals surface area contributed by atoms with Crippen molar-refractivity contribution in [3.05, 3.63) is 51.7 Å². The molecular weight excluding hydrogens is 392 g/mol. The highest BCUT2D eigenvalue weighted by Gasteiger charge is 2.54. The molecule has 0 saturated heterocycles. The molecule has 4 nitrogen and oxygen atoms in total. The van der Waals surface area contributed by atoms with Crippen LogP contribution in [0.4, 0.5) is 5.69 Å². The van der Waals surface area contributed by atoms with Crippen LogP contribution in [0.3, 0.4) is 0 Å². The van der Waals surface area contributed by atoms with Crippen molar-refractivity contribution in [3.8, 4) is 0 Å². The largest absolute Gasteiger partial charge is 0.333 e. The average molecular weight is 421 g/mol. The first-order valence-corrected chi connectivity index (χ1v) is 12.2. The number of thiophene rings is 1. The number of nitrogens with zero attached hydrogens (tertiary/aromatic N) is 1. The van der Waals surface area contributed by atoms with Gasteiger partial charge in [0.05, 0.1) is 10.3 Å². The smallest absolute Gasteiger partial charge is 0.264 e. The number of nitrogens with one attached hydrogen (secondary N) is 1. The number of fused-ring (bicyclic) bond motifs is 1. The van der Waals surface area contributed by atoms with Gasteiger partial charge in [-0.05, 0) is 97.4 Å². The molecule has 1 aliphatic heterocycles. The summed E-state index contributed by atoms with van der Waals surface area (Å²) in [5.41, 5.74) is 3.21. The zero-order valence-corrected chi connectivity index (χ0v) is 18.0. The lowest BCUT2D eigenvalue weighted by Gasteiger charge is -2.55. The average Bonchev–Trinajstić information content (AvgIpc) is 3.26. The number of hydrogen-bond acceptors (Lipinski definition) is 3. The summed E-state index contributed by atoms with van der Waals surface area (Å²) in [6.07, 6.45) is 8.16. The Kier molecular flexibility index (Phi) is 4.31. The van der Waals surface area contributed by atoms with Crippen molar-refractivity contribution in [2.24, 2.45) is 23.2 Å². The number of rotatable bonds is 3. The lowest BCUT2D eigenvalue weighted by atomic mass is 9.49. The third-order valence-electron chi connectivity index (χ3n) is 8.02. The van der Waals surface area contributed by atoms with Gasteiger partial charge in [-0.25, -0.2) is 0 Å². The minimum Gasteiger partial charge on any atom is -0.333 e. The first-order chi connectivity index (χ1) is 14.6. The zero-order valence-electron chi connectivity index (χ0n) is 17.2. The van der Waals surface area contributed by atoms with Crippen molar-refractivity contribution >= 4 is 28.8 Å². The van der Waals surface area contributed by atoms with E-state index in [1.165, 1.54) is 36.2 Å². The number of amides is 2. The second kappa shape index (κ2) is 6.94. The van der Waals surface area contributed by atoms with E-state index in [-0.39, 0.29) is 17.2 Å². The van der Waals surface area contributed by atoms with Crippen LogP contribution in [0.2, 0.25) is 0 Å². The van der Waals surface area contributed by atoms with E-state index >= 15 is 0 Å². The van der Waals surface area contributed by atoms with Gasteiger partial charge in [0, 0.05) is 18.8 Å². The Bertz CT molecular complexity index is 961. The first-order valence-electron chi connectivity index (χ1n) is 11.3. The van der Waals surface area contributed by atoms with Gasteiger partial charge in [-0.3, -0.25) is 9.59 Å². The number of benzene rings is 1. The van der Waals surface area contributed by atoms with Gasteiger partial charge in [-0.15, -0.1) is 11.3 Å². The maximum Gasteiger partial charge on any atom is 0.264 e. The van der Waals surface area contributed by atoms with Gasteiger partial charge in [0.25, 0.3) is 5.91 Å². The normalized spacial score (nSPS) is 31.5. The van der Waals surface area contributed by atoms with Crippen LogP contribution in [0.15, 0.2) is 35.7 Å². The molecule has 1 aromatic heterocycles. The maximum absolute atomic E-state index is 13.4. The van der Waals surface area contributed by atoms with Gasteiger partial charge >= 0.3 is 0 Å². The quantitative estimate of drug-likeness (QED) is 0.751. The highest BCUT2D eigenvalue weighted by molar-refractivity contribution is 7.12. The molecule has 30 heavy (non-hydrogen) atoms. The van der Waals surface area contributed by atoms with E-state index in [0.29, 0.717) is 6.54 Å². The molecule has 4 aliphatic carbocycles. The van der Waals surface area contributed by atoms with Crippen LogP contribution in [0, 0.1) is 23.2 Å². The Morgan fingerprint density at radius 1 is 1.00 bits per heavy atom. The van der Waals surface area contributed by atoms with Crippen LogP contribution in [0.1, 0.15) is 59.3 Å². The molecule has 4 fully saturated rings. The minimum atomic E-state index is -0.133. The summed E-state index contributed by atoms with van der Waals surface area (Å²) >= 11 is 1.50. The van der Waals surface area contributed by atoms with Gasteiger partial charge in [0.2, 0.25) is 5.91 Å². The first kappa shape index (κ1) is 18.6. The van der Waals surface area contributed by atoms with Crippen molar-refractivity contribution < 1.29 is 9.59 Å². The van der Waals surface area contributed by atoms with Gasteiger partial charge in [0.15, 0.2) is 0 Å². The highest BCUT2D eigenvalue weighted by atomic mass is 32.1. The molecule has 0 radical (unpaired) electrons. The van der Waals surface area contributed by atoms with E-state index < -0.39 is 0 Å². The van der Waals surface area contributed by atoms with Crippen molar-refractivity contribution in [1.82, 2.24) is 4.90 Å². The number of carbonyl (C=O) groups excluding carboxylic acids is 2. The molecule has 4 saturated carbocycles. The van der Waals surface area contributed by atoms with Crippen molar-refractivity contribution in [2.75, 3.05) is 11.9 Å². The Hall–Kier alpha value is -2.14. The lowest BCUT2D eigenvalue weighted by molar-refractivity contribution is -0.140. The topological polar surface area (TPSA) is 49.4 Å². The third kappa shape index (κ3) is 3.09. The molecule has 5 heteroatoms. The van der Waals surface area contributed by atoms with E-state index in [4.69, 9.17) is 0 Å². The predicted molar refractivity (Wildman–Crippen MR) is 118 cm³/mol. The fraction of sp³-hybridized carbons (Fsp3) is 0.520. The molecule has 4 bridgehead atoms.